The molecule has 13 rings (SSSR count). The first kappa shape index (κ1) is 33.8. The molecule has 3 heteroatoms. The standard InChI is InChI=1S/C58H34N2O/c1-3-15-44-42(13-1)55(43-14-2-4-16-45(43)56(44)38-23-21-35-11-9-29-59-51(35)32-38)37-26-28-53-50(31-37)41-27-25-40(34-54(41)61-53)58-48-19-7-5-17-46(48)57(47-18-6-8-20-49(47)58)39-24-22-36-12-10-30-60-52(36)33-39/h1-34H. The van der Waals surface area contributed by atoms with Gasteiger partial charge >= 0.3 is 0 Å². The second kappa shape index (κ2) is 13.2. The van der Waals surface area contributed by atoms with Gasteiger partial charge in [-0.1, -0.05) is 146 Å². The number of benzene rings is 10. The van der Waals surface area contributed by atoms with Crippen molar-refractivity contribution in [2.45, 2.75) is 0 Å². The van der Waals surface area contributed by atoms with Crippen LogP contribution in [0.2, 0.25) is 0 Å². The summed E-state index contributed by atoms with van der Waals surface area (Å²) in [6, 6.07) is 70.2. The Morgan fingerprint density at radius 2 is 0.639 bits per heavy atom. The van der Waals surface area contributed by atoms with Gasteiger partial charge in [-0.25, -0.2) is 0 Å². The second-order valence-corrected chi connectivity index (χ2v) is 16.0. The van der Waals surface area contributed by atoms with E-state index in [0.717, 1.165) is 60.4 Å². The molecule has 282 valence electrons. The van der Waals surface area contributed by atoms with Crippen LogP contribution in [0.15, 0.2) is 211 Å². The first-order valence-corrected chi connectivity index (χ1v) is 20.8. The summed E-state index contributed by atoms with van der Waals surface area (Å²) in [6.07, 6.45) is 3.74. The van der Waals surface area contributed by atoms with Crippen LogP contribution >= 0.6 is 0 Å². The molecule has 0 atom stereocenters. The minimum absolute atomic E-state index is 0.873. The van der Waals surface area contributed by atoms with Crippen LogP contribution in [0.3, 0.4) is 0 Å². The third-order valence-electron chi connectivity index (χ3n) is 12.7. The smallest absolute Gasteiger partial charge is 0.136 e. The Balaban J connectivity index is 0.992. The van der Waals surface area contributed by atoms with Gasteiger partial charge in [0.15, 0.2) is 0 Å². The molecular formula is C58H34N2O. The van der Waals surface area contributed by atoms with Crippen LogP contribution in [0.5, 0.6) is 0 Å². The minimum atomic E-state index is 0.873. The van der Waals surface area contributed by atoms with E-state index >= 15 is 0 Å². The van der Waals surface area contributed by atoms with Crippen LogP contribution in [0.25, 0.3) is 131 Å². The third-order valence-corrected chi connectivity index (χ3v) is 12.7. The highest BCUT2D eigenvalue weighted by atomic mass is 16.3. The van der Waals surface area contributed by atoms with Gasteiger partial charge in [0, 0.05) is 33.9 Å². The zero-order chi connectivity index (χ0) is 40.0. The molecule has 0 spiro atoms. The highest BCUT2D eigenvalue weighted by Crippen LogP contribution is 2.47. The predicted molar refractivity (Wildman–Crippen MR) is 256 cm³/mol. The van der Waals surface area contributed by atoms with Gasteiger partial charge in [0.1, 0.15) is 11.2 Å². The van der Waals surface area contributed by atoms with E-state index < -0.39 is 0 Å². The molecule has 0 aliphatic carbocycles. The van der Waals surface area contributed by atoms with Gasteiger partial charge in [0.2, 0.25) is 0 Å². The van der Waals surface area contributed by atoms with Crippen LogP contribution < -0.4 is 0 Å². The van der Waals surface area contributed by atoms with Crippen molar-refractivity contribution in [2.24, 2.45) is 0 Å². The summed E-state index contributed by atoms with van der Waals surface area (Å²) in [7, 11) is 0. The quantitative estimate of drug-likeness (QED) is 0.167. The highest BCUT2D eigenvalue weighted by molar-refractivity contribution is 6.24. The average molecular weight is 775 g/mol. The normalized spacial score (nSPS) is 11.9. The molecule has 61 heavy (non-hydrogen) atoms. The molecule has 0 bridgehead atoms. The maximum absolute atomic E-state index is 6.74. The lowest BCUT2D eigenvalue weighted by molar-refractivity contribution is 0.669. The maximum atomic E-state index is 6.74. The van der Waals surface area contributed by atoms with Crippen molar-refractivity contribution < 1.29 is 4.42 Å². The number of aromatic nitrogens is 2. The van der Waals surface area contributed by atoms with E-state index in [4.69, 9.17) is 14.4 Å². The molecule has 13 aromatic rings. The fourth-order valence-corrected chi connectivity index (χ4v) is 10.0. The Morgan fingerprint density at radius 3 is 1.08 bits per heavy atom. The Hall–Kier alpha value is -8.14. The molecule has 0 aliphatic rings. The summed E-state index contributed by atoms with van der Waals surface area (Å²) in [5.74, 6) is 0. The van der Waals surface area contributed by atoms with E-state index in [2.05, 4.69) is 182 Å². The molecule has 0 saturated heterocycles. The van der Waals surface area contributed by atoms with Crippen LogP contribution in [0, 0.1) is 0 Å². The summed E-state index contributed by atoms with van der Waals surface area (Å²) in [6.45, 7) is 0. The number of hydrogen-bond acceptors (Lipinski definition) is 3. The minimum Gasteiger partial charge on any atom is -0.456 e. The van der Waals surface area contributed by atoms with E-state index in [1.54, 1.807) is 0 Å². The Morgan fingerprint density at radius 1 is 0.262 bits per heavy atom. The fraction of sp³-hybridized carbons (Fsp3) is 0. The van der Waals surface area contributed by atoms with Crippen LogP contribution in [0.4, 0.5) is 0 Å². The van der Waals surface area contributed by atoms with Crippen molar-refractivity contribution in [2.75, 3.05) is 0 Å². The average Bonchev–Trinajstić information content (AvgIpc) is 3.69. The monoisotopic (exact) mass is 774 g/mol. The summed E-state index contributed by atoms with van der Waals surface area (Å²) in [5.41, 5.74) is 13.2. The molecule has 10 aromatic carbocycles. The summed E-state index contributed by atoms with van der Waals surface area (Å²) in [5, 5.41) is 14.2. The first-order valence-electron chi connectivity index (χ1n) is 20.8. The number of rotatable bonds is 4. The van der Waals surface area contributed by atoms with E-state index in [-0.39, 0.29) is 0 Å². The lowest BCUT2D eigenvalue weighted by Crippen LogP contribution is -1.91. The second-order valence-electron chi connectivity index (χ2n) is 16.0. The number of hydrogen-bond donors (Lipinski definition) is 0. The van der Waals surface area contributed by atoms with Crippen molar-refractivity contribution in [3.63, 3.8) is 0 Å². The van der Waals surface area contributed by atoms with Crippen molar-refractivity contribution in [1.82, 2.24) is 9.97 Å². The van der Waals surface area contributed by atoms with Crippen molar-refractivity contribution in [3.05, 3.63) is 207 Å². The van der Waals surface area contributed by atoms with Crippen molar-refractivity contribution >= 4 is 86.8 Å². The number of pyridine rings is 2. The fourth-order valence-electron chi connectivity index (χ4n) is 10.0. The lowest BCUT2D eigenvalue weighted by Gasteiger charge is -2.18. The van der Waals surface area contributed by atoms with Gasteiger partial charge in [-0.05, 0) is 136 Å². The molecule has 3 nitrogen and oxygen atoms in total. The molecule has 3 heterocycles. The van der Waals surface area contributed by atoms with E-state index in [1.807, 2.05) is 24.5 Å². The SMILES string of the molecule is c1cnc2cc(-c3c4ccccc4c(-c4ccc5c(c4)oc4ccc(-c6c7ccccc7c(-c7ccc8cccnc8c7)c7ccccc67)cc45)c4ccccc34)ccc2c1. The third kappa shape index (κ3) is 5.17. The lowest BCUT2D eigenvalue weighted by atomic mass is 9.85. The highest BCUT2D eigenvalue weighted by Gasteiger charge is 2.21. The van der Waals surface area contributed by atoms with Gasteiger partial charge in [-0.2, -0.15) is 0 Å². The van der Waals surface area contributed by atoms with Crippen LogP contribution in [0.1, 0.15) is 0 Å². The Kier molecular flexibility index (Phi) is 7.31. The van der Waals surface area contributed by atoms with Crippen molar-refractivity contribution in [1.29, 1.82) is 0 Å². The molecule has 3 aromatic heterocycles. The summed E-state index contributed by atoms with van der Waals surface area (Å²) < 4.78 is 6.74. The molecule has 0 N–H and O–H groups in total. The van der Waals surface area contributed by atoms with Crippen LogP contribution in [-0.4, -0.2) is 9.97 Å². The molecule has 0 unspecified atom stereocenters. The van der Waals surface area contributed by atoms with Gasteiger partial charge in [-0.3, -0.25) is 9.97 Å². The van der Waals surface area contributed by atoms with Gasteiger partial charge in [0.05, 0.1) is 11.0 Å². The number of furan rings is 1. The Labute approximate surface area is 350 Å². The molecular weight excluding hydrogens is 741 g/mol. The summed E-state index contributed by atoms with van der Waals surface area (Å²) >= 11 is 0. The molecule has 0 saturated carbocycles. The number of nitrogens with zero attached hydrogens (tertiary/aromatic N) is 2. The summed E-state index contributed by atoms with van der Waals surface area (Å²) in [4.78, 5) is 9.40. The molecule has 0 radical (unpaired) electrons. The largest absolute Gasteiger partial charge is 0.456 e. The molecule has 0 aliphatic heterocycles. The van der Waals surface area contributed by atoms with Gasteiger partial charge < -0.3 is 4.42 Å². The van der Waals surface area contributed by atoms with Crippen molar-refractivity contribution in [3.8, 4) is 44.5 Å². The first-order chi connectivity index (χ1) is 30.2. The van der Waals surface area contributed by atoms with E-state index in [9.17, 15) is 0 Å². The molecule has 0 amide bonds. The van der Waals surface area contributed by atoms with E-state index in [0.29, 0.717) is 0 Å². The topological polar surface area (TPSA) is 38.9 Å². The van der Waals surface area contributed by atoms with Gasteiger partial charge in [0.25, 0.3) is 0 Å². The molecule has 0 fully saturated rings. The zero-order valence-electron chi connectivity index (χ0n) is 32.9. The van der Waals surface area contributed by atoms with Crippen LogP contribution in [-0.2, 0) is 0 Å². The predicted octanol–water partition coefficient (Wildman–Crippen LogP) is 16.0. The zero-order valence-corrected chi connectivity index (χ0v) is 32.9. The van der Waals surface area contributed by atoms with Gasteiger partial charge in [-0.15, -0.1) is 0 Å². The Bertz CT molecular complexity index is 3840. The maximum Gasteiger partial charge on any atom is 0.136 e. The number of fused-ring (bicyclic) bond motifs is 9. The van der Waals surface area contributed by atoms with E-state index in [1.165, 1.54) is 70.9 Å².